The van der Waals surface area contributed by atoms with Gasteiger partial charge in [0.2, 0.25) is 0 Å². The van der Waals surface area contributed by atoms with E-state index in [0.717, 1.165) is 0 Å². The molecule has 9 nitrogen and oxygen atoms in total. The zero-order valence-corrected chi connectivity index (χ0v) is 11.9. The molecule has 0 atom stereocenters. The van der Waals surface area contributed by atoms with Gasteiger partial charge < -0.3 is 0 Å². The van der Waals surface area contributed by atoms with E-state index in [1.165, 1.54) is 28.9 Å². The molecule has 1 heterocycles. The van der Waals surface area contributed by atoms with Crippen molar-refractivity contribution >= 4 is 17.5 Å². The minimum atomic E-state index is -0.581. The molecule has 0 radical (unpaired) electrons. The van der Waals surface area contributed by atoms with Gasteiger partial charge in [-0.1, -0.05) is 0 Å². The van der Waals surface area contributed by atoms with Gasteiger partial charge in [0.15, 0.2) is 0 Å². The topological polar surface area (TPSA) is 119 Å². The number of hydrazine groups is 1. The van der Waals surface area contributed by atoms with Crippen LogP contribution >= 0.6 is 0 Å². The lowest BCUT2D eigenvalue weighted by molar-refractivity contribution is -0.384. The first kappa shape index (κ1) is 15.2. The Kier molecular flexibility index (Phi) is 4.16. The Bertz CT molecular complexity index is 735. The third-order valence-electron chi connectivity index (χ3n) is 2.86. The number of rotatable bonds is 3. The van der Waals surface area contributed by atoms with E-state index in [2.05, 4.69) is 16.0 Å². The number of amides is 2. The van der Waals surface area contributed by atoms with E-state index >= 15 is 0 Å². The monoisotopic (exact) mass is 303 g/mol. The minimum absolute atomic E-state index is 0.119. The second kappa shape index (κ2) is 6.04. The predicted octanol–water partition coefficient (Wildman–Crippen LogP) is 0.712. The molecule has 2 rings (SSSR count). The second-order valence-corrected chi connectivity index (χ2v) is 4.51. The van der Waals surface area contributed by atoms with Gasteiger partial charge in [0, 0.05) is 24.7 Å². The zero-order valence-electron chi connectivity index (χ0n) is 11.9. The van der Waals surface area contributed by atoms with Crippen LogP contribution in [0.4, 0.5) is 5.69 Å². The first-order chi connectivity index (χ1) is 10.4. The summed E-state index contributed by atoms with van der Waals surface area (Å²) < 4.78 is 1.39. The minimum Gasteiger partial charge on any atom is -0.267 e. The molecule has 0 aliphatic rings. The van der Waals surface area contributed by atoms with Gasteiger partial charge in [-0.05, 0) is 25.1 Å². The standard InChI is InChI=1S/C13H13N5O4/c1-8-7-11(17(2)16-8)13(20)15-14-12(19)9-3-5-10(6-4-9)18(21)22/h3-7H,1-2H3,(H,14,19)(H,15,20). The predicted molar refractivity (Wildman–Crippen MR) is 76.0 cm³/mol. The Balaban J connectivity index is 1.99. The number of non-ortho nitro benzene ring substituents is 1. The fourth-order valence-electron chi connectivity index (χ4n) is 1.81. The Morgan fingerprint density at radius 1 is 1.18 bits per heavy atom. The Morgan fingerprint density at radius 2 is 1.77 bits per heavy atom. The molecular weight excluding hydrogens is 290 g/mol. The van der Waals surface area contributed by atoms with Crippen LogP contribution in [0.5, 0.6) is 0 Å². The van der Waals surface area contributed by atoms with Gasteiger partial charge in [0.05, 0.1) is 10.6 Å². The van der Waals surface area contributed by atoms with E-state index in [4.69, 9.17) is 0 Å². The highest BCUT2D eigenvalue weighted by Gasteiger charge is 2.14. The second-order valence-electron chi connectivity index (χ2n) is 4.51. The third kappa shape index (κ3) is 3.26. The van der Waals surface area contributed by atoms with Crippen molar-refractivity contribution in [2.75, 3.05) is 0 Å². The molecule has 0 fully saturated rings. The number of nitro groups is 1. The van der Waals surface area contributed by atoms with Crippen molar-refractivity contribution in [1.29, 1.82) is 0 Å². The van der Waals surface area contributed by atoms with E-state index in [9.17, 15) is 19.7 Å². The lowest BCUT2D eigenvalue weighted by Crippen LogP contribution is -2.42. The average molecular weight is 303 g/mol. The van der Waals surface area contributed by atoms with Crippen LogP contribution in [0, 0.1) is 17.0 Å². The maximum absolute atomic E-state index is 11.9. The number of nitro benzene ring substituents is 1. The van der Waals surface area contributed by atoms with Gasteiger partial charge in [-0.2, -0.15) is 5.10 Å². The quantitative estimate of drug-likeness (QED) is 0.639. The molecule has 0 unspecified atom stereocenters. The molecule has 114 valence electrons. The van der Waals surface area contributed by atoms with Crippen molar-refractivity contribution in [1.82, 2.24) is 20.6 Å². The summed E-state index contributed by atoms with van der Waals surface area (Å²) >= 11 is 0. The average Bonchev–Trinajstić information content (AvgIpc) is 2.83. The van der Waals surface area contributed by atoms with Gasteiger partial charge in [-0.25, -0.2) is 0 Å². The van der Waals surface area contributed by atoms with E-state index in [1.807, 2.05) is 0 Å². The van der Waals surface area contributed by atoms with Crippen LogP contribution in [0.3, 0.4) is 0 Å². The van der Waals surface area contributed by atoms with E-state index < -0.39 is 16.7 Å². The molecule has 0 aliphatic heterocycles. The van der Waals surface area contributed by atoms with E-state index in [1.54, 1.807) is 20.0 Å². The SMILES string of the molecule is Cc1cc(C(=O)NNC(=O)c2ccc([N+](=O)[O-])cc2)n(C)n1. The van der Waals surface area contributed by atoms with Crippen molar-refractivity contribution in [2.24, 2.45) is 7.05 Å². The van der Waals surface area contributed by atoms with Crippen molar-refractivity contribution in [3.63, 3.8) is 0 Å². The number of carbonyl (C=O) groups is 2. The molecule has 0 spiro atoms. The van der Waals surface area contributed by atoms with Crippen LogP contribution in [0.2, 0.25) is 0 Å². The summed E-state index contributed by atoms with van der Waals surface area (Å²) in [5.41, 5.74) is 5.52. The molecule has 2 N–H and O–H groups in total. The molecular formula is C13H13N5O4. The van der Waals surface area contributed by atoms with Gasteiger partial charge in [0.25, 0.3) is 17.5 Å². The van der Waals surface area contributed by atoms with E-state index in [0.29, 0.717) is 11.4 Å². The van der Waals surface area contributed by atoms with Crippen molar-refractivity contribution in [2.45, 2.75) is 6.92 Å². The van der Waals surface area contributed by atoms with Crippen LogP contribution in [0.1, 0.15) is 26.5 Å². The lowest BCUT2D eigenvalue weighted by atomic mass is 10.2. The fourth-order valence-corrected chi connectivity index (χ4v) is 1.81. The summed E-state index contributed by atoms with van der Waals surface area (Å²) in [5.74, 6) is -1.10. The summed E-state index contributed by atoms with van der Waals surface area (Å²) in [7, 11) is 1.61. The summed E-state index contributed by atoms with van der Waals surface area (Å²) in [6, 6.07) is 6.59. The molecule has 0 aliphatic carbocycles. The van der Waals surface area contributed by atoms with Crippen LogP contribution in [-0.4, -0.2) is 26.5 Å². The maximum Gasteiger partial charge on any atom is 0.287 e. The molecule has 2 amide bonds. The summed E-state index contributed by atoms with van der Waals surface area (Å²) in [4.78, 5) is 33.7. The summed E-state index contributed by atoms with van der Waals surface area (Å²) in [6.07, 6.45) is 0. The highest BCUT2D eigenvalue weighted by Crippen LogP contribution is 2.11. The largest absolute Gasteiger partial charge is 0.287 e. The Hall–Kier alpha value is -3.23. The lowest BCUT2D eigenvalue weighted by Gasteiger charge is -2.07. The number of benzene rings is 1. The number of aryl methyl sites for hydroxylation is 2. The number of nitrogens with zero attached hydrogens (tertiary/aromatic N) is 3. The Morgan fingerprint density at radius 3 is 2.27 bits per heavy atom. The highest BCUT2D eigenvalue weighted by molar-refractivity contribution is 5.98. The molecule has 0 bridgehead atoms. The molecule has 1 aromatic carbocycles. The maximum atomic E-state index is 11.9. The fraction of sp³-hybridized carbons (Fsp3) is 0.154. The first-order valence-corrected chi connectivity index (χ1v) is 6.24. The molecule has 0 saturated carbocycles. The van der Waals surface area contributed by atoms with Gasteiger partial charge in [-0.3, -0.25) is 35.2 Å². The van der Waals surface area contributed by atoms with Gasteiger partial charge >= 0.3 is 0 Å². The normalized spacial score (nSPS) is 10.1. The molecule has 2 aromatic rings. The molecule has 0 saturated heterocycles. The van der Waals surface area contributed by atoms with Gasteiger partial charge in [-0.15, -0.1) is 0 Å². The molecule has 9 heteroatoms. The number of hydrogen-bond acceptors (Lipinski definition) is 5. The van der Waals surface area contributed by atoms with Crippen molar-refractivity contribution in [3.05, 3.63) is 57.4 Å². The van der Waals surface area contributed by atoms with Crippen LogP contribution in [0.15, 0.2) is 30.3 Å². The van der Waals surface area contributed by atoms with E-state index in [-0.39, 0.29) is 11.3 Å². The van der Waals surface area contributed by atoms with Crippen LogP contribution in [0.25, 0.3) is 0 Å². The number of carbonyl (C=O) groups excluding carboxylic acids is 2. The first-order valence-electron chi connectivity index (χ1n) is 6.24. The van der Waals surface area contributed by atoms with Gasteiger partial charge in [0.1, 0.15) is 5.69 Å². The summed E-state index contributed by atoms with van der Waals surface area (Å²) in [5, 5.41) is 14.6. The number of hydrogen-bond donors (Lipinski definition) is 2. The zero-order chi connectivity index (χ0) is 16.3. The molecule has 1 aromatic heterocycles. The third-order valence-corrected chi connectivity index (χ3v) is 2.86. The Labute approximate surface area is 125 Å². The highest BCUT2D eigenvalue weighted by atomic mass is 16.6. The van der Waals surface area contributed by atoms with Crippen LogP contribution in [-0.2, 0) is 7.05 Å². The van der Waals surface area contributed by atoms with Crippen molar-refractivity contribution in [3.8, 4) is 0 Å². The number of aromatic nitrogens is 2. The van der Waals surface area contributed by atoms with Crippen LogP contribution < -0.4 is 10.9 Å². The molecule has 22 heavy (non-hydrogen) atoms. The number of nitrogens with one attached hydrogen (secondary N) is 2. The smallest absolute Gasteiger partial charge is 0.267 e. The van der Waals surface area contributed by atoms with Crippen molar-refractivity contribution < 1.29 is 14.5 Å². The summed E-state index contributed by atoms with van der Waals surface area (Å²) in [6.45, 7) is 1.74.